The molecule has 0 aromatic heterocycles. The van der Waals surface area contributed by atoms with Crippen molar-refractivity contribution in [3.8, 4) is 5.75 Å². The molecule has 0 spiro atoms. The lowest BCUT2D eigenvalue weighted by molar-refractivity contribution is -0.384. The SMILES string of the molecule is COc1cc(Cl)ccc1NC(=O)c1cccc(Cc2ccc([N+](=O)[O-])cc2)c1. The number of rotatable bonds is 6. The van der Waals surface area contributed by atoms with Crippen LogP contribution in [0.1, 0.15) is 21.5 Å². The summed E-state index contributed by atoms with van der Waals surface area (Å²) in [5.74, 6) is 0.203. The number of hydrogen-bond donors (Lipinski definition) is 1. The summed E-state index contributed by atoms with van der Waals surface area (Å²) in [7, 11) is 1.51. The summed E-state index contributed by atoms with van der Waals surface area (Å²) in [6, 6.07) is 18.6. The highest BCUT2D eigenvalue weighted by Crippen LogP contribution is 2.28. The Kier molecular flexibility index (Phi) is 5.91. The topological polar surface area (TPSA) is 81.5 Å². The van der Waals surface area contributed by atoms with Crippen LogP contribution in [0.5, 0.6) is 5.75 Å². The van der Waals surface area contributed by atoms with Crippen LogP contribution in [0.25, 0.3) is 0 Å². The van der Waals surface area contributed by atoms with Gasteiger partial charge >= 0.3 is 0 Å². The number of nitrogens with zero attached hydrogens (tertiary/aromatic N) is 1. The number of anilines is 1. The van der Waals surface area contributed by atoms with Gasteiger partial charge in [0.25, 0.3) is 11.6 Å². The van der Waals surface area contributed by atoms with Crippen LogP contribution in [0.4, 0.5) is 11.4 Å². The predicted octanol–water partition coefficient (Wildman–Crippen LogP) is 5.10. The molecular formula is C21H17ClN2O4. The Balaban J connectivity index is 1.75. The predicted molar refractivity (Wildman–Crippen MR) is 108 cm³/mol. The molecule has 0 bridgehead atoms. The van der Waals surface area contributed by atoms with E-state index in [0.717, 1.165) is 11.1 Å². The largest absolute Gasteiger partial charge is 0.495 e. The number of ether oxygens (including phenoxy) is 1. The monoisotopic (exact) mass is 396 g/mol. The van der Waals surface area contributed by atoms with Crippen molar-refractivity contribution in [2.45, 2.75) is 6.42 Å². The molecule has 0 aliphatic heterocycles. The minimum atomic E-state index is -0.431. The van der Waals surface area contributed by atoms with Crippen molar-refractivity contribution in [2.24, 2.45) is 0 Å². The van der Waals surface area contributed by atoms with Gasteiger partial charge in [-0.25, -0.2) is 0 Å². The number of hydrogen-bond acceptors (Lipinski definition) is 4. The number of carbonyl (C=O) groups is 1. The molecule has 1 N–H and O–H groups in total. The minimum Gasteiger partial charge on any atom is -0.495 e. The Hall–Kier alpha value is -3.38. The number of non-ortho nitro benzene ring substituents is 1. The fourth-order valence-electron chi connectivity index (χ4n) is 2.76. The second kappa shape index (κ2) is 8.54. The number of nitro groups is 1. The van der Waals surface area contributed by atoms with E-state index in [1.165, 1.54) is 19.2 Å². The highest BCUT2D eigenvalue weighted by atomic mass is 35.5. The molecule has 3 aromatic rings. The first-order valence-electron chi connectivity index (χ1n) is 8.43. The number of carbonyl (C=O) groups excluding carboxylic acids is 1. The maximum atomic E-state index is 12.6. The van der Waals surface area contributed by atoms with E-state index < -0.39 is 4.92 Å². The van der Waals surface area contributed by atoms with Gasteiger partial charge in [-0.15, -0.1) is 0 Å². The number of methoxy groups -OCH3 is 1. The van der Waals surface area contributed by atoms with E-state index in [4.69, 9.17) is 16.3 Å². The van der Waals surface area contributed by atoms with Gasteiger partial charge in [-0.1, -0.05) is 35.9 Å². The maximum Gasteiger partial charge on any atom is 0.269 e. The zero-order chi connectivity index (χ0) is 20.1. The lowest BCUT2D eigenvalue weighted by Gasteiger charge is -2.11. The molecule has 0 fully saturated rings. The van der Waals surface area contributed by atoms with Crippen molar-refractivity contribution in [2.75, 3.05) is 12.4 Å². The van der Waals surface area contributed by atoms with E-state index in [1.54, 1.807) is 48.5 Å². The number of halogens is 1. The number of nitro benzene ring substituents is 1. The zero-order valence-electron chi connectivity index (χ0n) is 15.0. The van der Waals surface area contributed by atoms with Gasteiger partial charge in [-0.2, -0.15) is 0 Å². The van der Waals surface area contributed by atoms with Gasteiger partial charge < -0.3 is 10.1 Å². The third-order valence-electron chi connectivity index (χ3n) is 4.16. The van der Waals surface area contributed by atoms with E-state index >= 15 is 0 Å². The Labute approximate surface area is 166 Å². The van der Waals surface area contributed by atoms with E-state index in [-0.39, 0.29) is 11.6 Å². The molecule has 0 atom stereocenters. The van der Waals surface area contributed by atoms with Crippen LogP contribution >= 0.6 is 11.6 Å². The first kappa shape index (κ1) is 19.4. The maximum absolute atomic E-state index is 12.6. The Bertz CT molecular complexity index is 1020. The molecule has 0 heterocycles. The molecule has 0 saturated heterocycles. The molecular weight excluding hydrogens is 380 g/mol. The van der Waals surface area contributed by atoms with Gasteiger partial charge in [0.15, 0.2) is 0 Å². The molecule has 142 valence electrons. The number of nitrogens with one attached hydrogen (secondary N) is 1. The molecule has 7 heteroatoms. The zero-order valence-corrected chi connectivity index (χ0v) is 15.8. The lowest BCUT2D eigenvalue weighted by atomic mass is 10.0. The molecule has 0 aliphatic rings. The fourth-order valence-corrected chi connectivity index (χ4v) is 2.92. The summed E-state index contributed by atoms with van der Waals surface area (Å²) >= 11 is 5.94. The Morgan fingerprint density at radius 3 is 2.50 bits per heavy atom. The summed E-state index contributed by atoms with van der Waals surface area (Å²) in [6.45, 7) is 0. The van der Waals surface area contributed by atoms with Crippen LogP contribution in [0.2, 0.25) is 5.02 Å². The quantitative estimate of drug-likeness (QED) is 0.464. The molecule has 3 aromatic carbocycles. The summed E-state index contributed by atoms with van der Waals surface area (Å²) in [4.78, 5) is 22.9. The first-order valence-corrected chi connectivity index (χ1v) is 8.81. The Morgan fingerprint density at radius 1 is 1.07 bits per heavy atom. The molecule has 3 rings (SSSR count). The second-order valence-electron chi connectivity index (χ2n) is 6.10. The number of amides is 1. The minimum absolute atomic E-state index is 0.0498. The van der Waals surface area contributed by atoms with Gasteiger partial charge in [-0.05, 0) is 41.8 Å². The third-order valence-corrected chi connectivity index (χ3v) is 4.39. The molecule has 0 saturated carbocycles. The summed E-state index contributed by atoms with van der Waals surface area (Å²) in [5.41, 5.74) is 2.91. The van der Waals surface area contributed by atoms with Crippen LogP contribution in [0.15, 0.2) is 66.7 Å². The van der Waals surface area contributed by atoms with E-state index in [1.807, 2.05) is 6.07 Å². The molecule has 0 unspecified atom stereocenters. The van der Waals surface area contributed by atoms with Crippen LogP contribution in [0.3, 0.4) is 0 Å². The van der Waals surface area contributed by atoms with E-state index in [2.05, 4.69) is 5.32 Å². The van der Waals surface area contributed by atoms with Crippen LogP contribution in [-0.2, 0) is 6.42 Å². The summed E-state index contributed by atoms with van der Waals surface area (Å²) < 4.78 is 5.24. The van der Waals surface area contributed by atoms with Gasteiger partial charge in [0.05, 0.1) is 17.7 Å². The van der Waals surface area contributed by atoms with Crippen LogP contribution < -0.4 is 10.1 Å². The van der Waals surface area contributed by atoms with E-state index in [9.17, 15) is 14.9 Å². The highest BCUT2D eigenvalue weighted by molar-refractivity contribution is 6.30. The van der Waals surface area contributed by atoms with Crippen molar-refractivity contribution in [3.63, 3.8) is 0 Å². The van der Waals surface area contributed by atoms with Crippen molar-refractivity contribution in [1.29, 1.82) is 0 Å². The molecule has 0 aliphatic carbocycles. The highest BCUT2D eigenvalue weighted by Gasteiger charge is 2.11. The summed E-state index contributed by atoms with van der Waals surface area (Å²) in [5, 5.41) is 14.1. The van der Waals surface area contributed by atoms with Crippen molar-refractivity contribution < 1.29 is 14.5 Å². The van der Waals surface area contributed by atoms with Crippen LogP contribution in [-0.4, -0.2) is 17.9 Å². The average molecular weight is 397 g/mol. The number of benzene rings is 3. The van der Waals surface area contributed by atoms with Crippen LogP contribution in [0, 0.1) is 10.1 Å². The van der Waals surface area contributed by atoms with E-state index in [0.29, 0.717) is 28.4 Å². The van der Waals surface area contributed by atoms with Gasteiger partial charge in [0, 0.05) is 28.8 Å². The Morgan fingerprint density at radius 2 is 1.82 bits per heavy atom. The molecule has 1 amide bonds. The summed E-state index contributed by atoms with van der Waals surface area (Å²) in [6.07, 6.45) is 0.559. The standard InChI is InChI=1S/C21H17ClN2O4/c1-28-20-13-17(22)7-10-19(20)23-21(25)16-4-2-3-15(12-16)11-14-5-8-18(9-6-14)24(26)27/h2-10,12-13H,11H2,1H3,(H,23,25). The smallest absolute Gasteiger partial charge is 0.269 e. The van der Waals surface area contributed by atoms with Gasteiger partial charge in [0.1, 0.15) is 5.75 Å². The normalized spacial score (nSPS) is 10.4. The van der Waals surface area contributed by atoms with Crippen molar-refractivity contribution in [1.82, 2.24) is 0 Å². The fraction of sp³-hybridized carbons (Fsp3) is 0.0952. The lowest BCUT2D eigenvalue weighted by Crippen LogP contribution is -2.13. The average Bonchev–Trinajstić information content (AvgIpc) is 2.70. The molecule has 0 radical (unpaired) electrons. The van der Waals surface area contributed by atoms with Crippen molar-refractivity contribution in [3.05, 3.63) is 98.6 Å². The first-order chi connectivity index (χ1) is 13.5. The molecule has 6 nitrogen and oxygen atoms in total. The second-order valence-corrected chi connectivity index (χ2v) is 6.54. The molecule has 28 heavy (non-hydrogen) atoms. The van der Waals surface area contributed by atoms with Gasteiger partial charge in [-0.3, -0.25) is 14.9 Å². The third kappa shape index (κ3) is 4.66. The van der Waals surface area contributed by atoms with Crippen molar-refractivity contribution >= 4 is 28.9 Å². The van der Waals surface area contributed by atoms with Gasteiger partial charge in [0.2, 0.25) is 0 Å².